The van der Waals surface area contributed by atoms with Crippen molar-refractivity contribution in [3.63, 3.8) is 0 Å². The van der Waals surface area contributed by atoms with Gasteiger partial charge in [0.25, 0.3) is 0 Å². The molecule has 1 aliphatic rings. The number of rotatable bonds is 4. The number of ether oxygens (including phenoxy) is 1. The second-order valence-corrected chi connectivity index (χ2v) is 6.61. The summed E-state index contributed by atoms with van der Waals surface area (Å²) in [4.78, 5) is 8.84. The lowest BCUT2D eigenvalue weighted by atomic mass is 10.1. The number of anilines is 1. The molecule has 0 saturated carbocycles. The maximum atomic E-state index is 9.81. The molecule has 1 aromatic heterocycles. The van der Waals surface area contributed by atoms with E-state index in [-0.39, 0.29) is 5.88 Å². The molecule has 0 spiro atoms. The van der Waals surface area contributed by atoms with Crippen molar-refractivity contribution in [2.75, 3.05) is 5.73 Å². The summed E-state index contributed by atoms with van der Waals surface area (Å²) in [5.41, 5.74) is 9.46. The smallest absolute Gasteiger partial charge is 0.231 e. The molecule has 5 nitrogen and oxygen atoms in total. The largest absolute Gasteiger partial charge is 0.492 e. The van der Waals surface area contributed by atoms with E-state index in [4.69, 9.17) is 10.5 Å². The van der Waals surface area contributed by atoms with Gasteiger partial charge < -0.3 is 15.6 Å². The number of nitrogen functional groups attached to an aromatic ring is 1. The molecule has 0 fully saturated rings. The Labute approximate surface area is 148 Å². The molecule has 124 valence electrons. The minimum Gasteiger partial charge on any atom is -0.492 e. The first-order valence-electron chi connectivity index (χ1n) is 7.71. The van der Waals surface area contributed by atoms with Crippen LogP contribution in [0, 0.1) is 0 Å². The van der Waals surface area contributed by atoms with Crippen molar-refractivity contribution in [2.45, 2.75) is 6.61 Å². The summed E-state index contributed by atoms with van der Waals surface area (Å²) in [6.07, 6.45) is 3.60. The van der Waals surface area contributed by atoms with Gasteiger partial charge in [-0.3, -0.25) is 4.99 Å². The van der Waals surface area contributed by atoms with Crippen molar-refractivity contribution in [3.05, 3.63) is 64.5 Å². The van der Waals surface area contributed by atoms with Crippen molar-refractivity contribution in [2.24, 2.45) is 4.99 Å². The van der Waals surface area contributed by atoms with Crippen LogP contribution in [0.25, 0.3) is 11.6 Å². The van der Waals surface area contributed by atoms with Crippen LogP contribution in [-0.4, -0.2) is 16.3 Å². The maximum Gasteiger partial charge on any atom is 0.231 e. The molecule has 0 aliphatic carbocycles. The van der Waals surface area contributed by atoms with Gasteiger partial charge >= 0.3 is 0 Å². The summed E-state index contributed by atoms with van der Waals surface area (Å²) >= 11 is 1.23. The normalized spacial score (nSPS) is 14.0. The fourth-order valence-electron chi connectivity index (χ4n) is 2.59. The van der Waals surface area contributed by atoms with Gasteiger partial charge in [-0.1, -0.05) is 41.7 Å². The standard InChI is InChI=1S/C19H15N3O2S/c20-19-22-18(23)17(25-19)8-13-10-21-16-7-6-14(9-15(13)16)24-11-12-4-2-1-3-5-12/h1-10,23H,11H2,(H2,20,22). The summed E-state index contributed by atoms with van der Waals surface area (Å²) in [7, 11) is 0. The molecule has 0 bridgehead atoms. The molecule has 2 aromatic carbocycles. The first-order chi connectivity index (χ1) is 12.2. The van der Waals surface area contributed by atoms with Crippen molar-refractivity contribution in [1.29, 1.82) is 0 Å². The van der Waals surface area contributed by atoms with E-state index in [9.17, 15) is 5.11 Å². The van der Waals surface area contributed by atoms with Crippen LogP contribution >= 0.6 is 11.3 Å². The molecule has 0 amide bonds. The highest BCUT2D eigenvalue weighted by Gasteiger charge is 2.15. The molecule has 3 N–H and O–H groups in total. The maximum absolute atomic E-state index is 9.81. The number of aliphatic imine (C=N–C) groups is 1. The molecule has 1 aliphatic heterocycles. The molecule has 0 atom stereocenters. The third-order valence-corrected chi connectivity index (χ3v) is 4.63. The second-order valence-electron chi connectivity index (χ2n) is 5.55. The Kier molecular flexibility index (Phi) is 3.95. The zero-order valence-electron chi connectivity index (χ0n) is 13.2. The lowest BCUT2D eigenvalue weighted by Gasteiger charge is -2.08. The predicted molar refractivity (Wildman–Crippen MR) is 101 cm³/mol. The second kappa shape index (κ2) is 6.41. The fourth-order valence-corrected chi connectivity index (χ4v) is 3.27. The number of hydrogen-bond donors (Lipinski definition) is 2. The molecule has 4 rings (SSSR count). The van der Waals surface area contributed by atoms with Gasteiger partial charge in [0.05, 0.1) is 10.6 Å². The molecular formula is C19H15N3O2S. The monoisotopic (exact) mass is 349 g/mol. The Morgan fingerprint density at radius 1 is 1.16 bits per heavy atom. The van der Waals surface area contributed by atoms with E-state index in [0.717, 1.165) is 28.1 Å². The average Bonchev–Trinajstić information content (AvgIpc) is 3.17. The van der Waals surface area contributed by atoms with Gasteiger partial charge in [0.2, 0.25) is 5.88 Å². The van der Waals surface area contributed by atoms with Crippen molar-refractivity contribution >= 4 is 40.0 Å². The summed E-state index contributed by atoms with van der Waals surface area (Å²) in [6, 6.07) is 15.8. The zero-order chi connectivity index (χ0) is 17.2. The minimum absolute atomic E-state index is 0.0617. The molecule has 2 heterocycles. The van der Waals surface area contributed by atoms with E-state index >= 15 is 0 Å². The first-order valence-corrected chi connectivity index (χ1v) is 8.53. The Morgan fingerprint density at radius 2 is 2.00 bits per heavy atom. The number of nitrogens with zero attached hydrogens (tertiary/aromatic N) is 2. The molecular weight excluding hydrogens is 334 g/mol. The quantitative estimate of drug-likeness (QED) is 0.737. The highest BCUT2D eigenvalue weighted by Crippen LogP contribution is 2.37. The zero-order valence-corrected chi connectivity index (χ0v) is 14.0. The van der Waals surface area contributed by atoms with Crippen LogP contribution in [0.1, 0.15) is 16.0 Å². The van der Waals surface area contributed by atoms with Crippen molar-refractivity contribution in [1.82, 2.24) is 4.98 Å². The Hall–Kier alpha value is -3.12. The molecule has 0 unspecified atom stereocenters. The van der Waals surface area contributed by atoms with E-state index in [1.54, 1.807) is 6.21 Å². The fraction of sp³-hybridized carbons (Fsp3) is 0.0526. The van der Waals surface area contributed by atoms with Crippen LogP contribution < -0.4 is 10.5 Å². The molecule has 0 radical (unpaired) electrons. The first kappa shape index (κ1) is 15.4. The number of nitrogens with two attached hydrogens (primary N) is 1. The van der Waals surface area contributed by atoms with E-state index in [2.05, 4.69) is 9.98 Å². The lowest BCUT2D eigenvalue weighted by molar-refractivity contribution is 0.306. The van der Waals surface area contributed by atoms with Crippen LogP contribution in [0.5, 0.6) is 11.6 Å². The van der Waals surface area contributed by atoms with E-state index in [1.807, 2.05) is 54.6 Å². The van der Waals surface area contributed by atoms with Crippen LogP contribution in [0.3, 0.4) is 0 Å². The number of thiazole rings is 1. The summed E-state index contributed by atoms with van der Waals surface area (Å²) in [5, 5.41) is 10.1. The van der Waals surface area contributed by atoms with Gasteiger partial charge in [-0.05, 0) is 29.8 Å². The number of fused-ring (bicyclic) bond motifs is 1. The van der Waals surface area contributed by atoms with Gasteiger partial charge in [0.1, 0.15) is 12.4 Å². The highest BCUT2D eigenvalue weighted by atomic mass is 32.1. The summed E-state index contributed by atoms with van der Waals surface area (Å²) < 4.78 is 5.88. The summed E-state index contributed by atoms with van der Waals surface area (Å²) in [6.45, 7) is 0.506. The SMILES string of the molecule is Nc1nc(O)c(C=C2C=Nc3ccc(OCc4ccccc4)cc32)s1. The van der Waals surface area contributed by atoms with Gasteiger partial charge in [-0.15, -0.1) is 0 Å². The van der Waals surface area contributed by atoms with Gasteiger partial charge in [-0.2, -0.15) is 4.98 Å². The molecule has 6 heteroatoms. The van der Waals surface area contributed by atoms with Crippen LogP contribution in [0.15, 0.2) is 53.5 Å². The number of aromatic hydroxyl groups is 1. The third-order valence-electron chi connectivity index (χ3n) is 3.81. The third kappa shape index (κ3) is 3.25. The van der Waals surface area contributed by atoms with E-state index in [0.29, 0.717) is 16.6 Å². The number of hydrogen-bond acceptors (Lipinski definition) is 6. The number of aromatic nitrogens is 1. The van der Waals surface area contributed by atoms with Crippen LogP contribution in [0.2, 0.25) is 0 Å². The van der Waals surface area contributed by atoms with Crippen LogP contribution in [0.4, 0.5) is 10.8 Å². The van der Waals surface area contributed by atoms with E-state index in [1.165, 1.54) is 11.3 Å². The highest BCUT2D eigenvalue weighted by molar-refractivity contribution is 7.16. The van der Waals surface area contributed by atoms with Crippen molar-refractivity contribution < 1.29 is 9.84 Å². The van der Waals surface area contributed by atoms with Gasteiger partial charge in [-0.25, -0.2) is 0 Å². The van der Waals surface area contributed by atoms with Gasteiger partial charge in [0.15, 0.2) is 5.13 Å². The Balaban J connectivity index is 1.59. The average molecular weight is 349 g/mol. The Morgan fingerprint density at radius 3 is 2.76 bits per heavy atom. The predicted octanol–water partition coefficient (Wildman–Crippen LogP) is 4.27. The van der Waals surface area contributed by atoms with Crippen LogP contribution in [-0.2, 0) is 6.61 Å². The molecule has 25 heavy (non-hydrogen) atoms. The van der Waals surface area contributed by atoms with Crippen molar-refractivity contribution in [3.8, 4) is 11.6 Å². The minimum atomic E-state index is -0.0617. The van der Waals surface area contributed by atoms with E-state index < -0.39 is 0 Å². The number of allylic oxidation sites excluding steroid dienone is 1. The topological polar surface area (TPSA) is 80.7 Å². The lowest BCUT2D eigenvalue weighted by Crippen LogP contribution is -1.95. The number of benzene rings is 2. The molecule has 0 saturated heterocycles. The Bertz CT molecular complexity index is 978. The summed E-state index contributed by atoms with van der Waals surface area (Å²) in [5.74, 6) is 0.709. The van der Waals surface area contributed by atoms with Gasteiger partial charge in [0, 0.05) is 17.4 Å². The molecule has 3 aromatic rings.